The van der Waals surface area contributed by atoms with Crippen molar-refractivity contribution in [2.24, 2.45) is 5.73 Å². The average molecular weight is 290 g/mol. The van der Waals surface area contributed by atoms with Crippen molar-refractivity contribution in [2.45, 2.75) is 45.4 Å². The first-order chi connectivity index (χ1) is 10.2. The fraction of sp³-hybridized carbons (Fsp3) is 0.529. The highest BCUT2D eigenvalue weighted by Crippen LogP contribution is 2.10. The van der Waals surface area contributed by atoms with E-state index in [0.717, 1.165) is 19.3 Å². The van der Waals surface area contributed by atoms with Crippen LogP contribution in [-0.4, -0.2) is 24.8 Å². The maximum atomic E-state index is 12.0. The molecule has 0 spiro atoms. The van der Waals surface area contributed by atoms with Gasteiger partial charge in [0.1, 0.15) is 0 Å². The van der Waals surface area contributed by atoms with Gasteiger partial charge in [-0.05, 0) is 31.4 Å². The molecule has 21 heavy (non-hydrogen) atoms. The Bertz CT molecular complexity index is 441. The van der Waals surface area contributed by atoms with Gasteiger partial charge in [0.2, 0.25) is 5.91 Å². The normalized spacial score (nSPS) is 10.4. The maximum absolute atomic E-state index is 12.0. The Morgan fingerprint density at radius 3 is 2.43 bits per heavy atom. The van der Waals surface area contributed by atoms with E-state index in [9.17, 15) is 9.59 Å². The Labute approximate surface area is 127 Å². The summed E-state index contributed by atoms with van der Waals surface area (Å²) in [6, 6.07) is 7.73. The Morgan fingerprint density at radius 2 is 1.81 bits per heavy atom. The molecule has 1 amide bonds. The Kier molecular flexibility index (Phi) is 8.36. The third-order valence-electron chi connectivity index (χ3n) is 3.38. The summed E-state index contributed by atoms with van der Waals surface area (Å²) in [7, 11) is 0. The van der Waals surface area contributed by atoms with E-state index in [1.165, 1.54) is 12.0 Å². The van der Waals surface area contributed by atoms with Crippen molar-refractivity contribution in [1.29, 1.82) is 0 Å². The smallest absolute Gasteiger partial charge is 0.220 e. The predicted molar refractivity (Wildman–Crippen MR) is 85.3 cm³/mol. The molecular weight excluding hydrogens is 264 g/mol. The van der Waals surface area contributed by atoms with Gasteiger partial charge in [-0.2, -0.15) is 0 Å². The van der Waals surface area contributed by atoms with Gasteiger partial charge in [-0.1, -0.05) is 37.6 Å². The van der Waals surface area contributed by atoms with E-state index in [2.05, 4.69) is 12.2 Å². The van der Waals surface area contributed by atoms with Crippen LogP contribution in [-0.2, 0) is 11.2 Å². The van der Waals surface area contributed by atoms with Crippen LogP contribution >= 0.6 is 0 Å². The van der Waals surface area contributed by atoms with E-state index < -0.39 is 0 Å². The molecule has 0 atom stereocenters. The molecule has 4 nitrogen and oxygen atoms in total. The van der Waals surface area contributed by atoms with Crippen molar-refractivity contribution in [3.05, 3.63) is 35.4 Å². The molecule has 0 unspecified atom stereocenters. The van der Waals surface area contributed by atoms with Crippen LogP contribution in [0.15, 0.2) is 24.3 Å². The molecule has 0 heterocycles. The number of carbonyl (C=O) groups is 2. The molecule has 0 saturated heterocycles. The number of amides is 1. The summed E-state index contributed by atoms with van der Waals surface area (Å²) in [5.74, 6) is -0.0672. The largest absolute Gasteiger partial charge is 0.356 e. The molecule has 1 rings (SSSR count). The van der Waals surface area contributed by atoms with Gasteiger partial charge in [-0.3, -0.25) is 9.59 Å². The maximum Gasteiger partial charge on any atom is 0.220 e. The number of nitrogens with two attached hydrogens (primary N) is 1. The number of nitrogens with one attached hydrogen (secondary N) is 1. The lowest BCUT2D eigenvalue weighted by Gasteiger charge is -2.05. The Hall–Kier alpha value is -1.68. The van der Waals surface area contributed by atoms with Gasteiger partial charge in [0.25, 0.3) is 0 Å². The molecule has 0 radical (unpaired) electrons. The number of carbonyl (C=O) groups excluding carboxylic acids is 2. The van der Waals surface area contributed by atoms with Crippen molar-refractivity contribution in [3.8, 4) is 0 Å². The van der Waals surface area contributed by atoms with Crippen LogP contribution in [0.3, 0.4) is 0 Å². The summed E-state index contributed by atoms with van der Waals surface area (Å²) in [5, 5.41) is 2.75. The summed E-state index contributed by atoms with van der Waals surface area (Å²) < 4.78 is 0. The fourth-order valence-corrected chi connectivity index (χ4v) is 2.03. The molecule has 0 bridgehead atoms. The lowest BCUT2D eigenvalue weighted by molar-refractivity contribution is -0.121. The monoisotopic (exact) mass is 290 g/mol. The first-order valence-electron chi connectivity index (χ1n) is 7.76. The second-order valence-electron chi connectivity index (χ2n) is 5.22. The molecule has 4 heteroatoms. The van der Waals surface area contributed by atoms with Gasteiger partial charge < -0.3 is 11.1 Å². The van der Waals surface area contributed by atoms with Gasteiger partial charge >= 0.3 is 0 Å². The van der Waals surface area contributed by atoms with E-state index in [1.807, 2.05) is 24.3 Å². The molecule has 3 N–H and O–H groups in total. The summed E-state index contributed by atoms with van der Waals surface area (Å²) in [4.78, 5) is 23.5. The number of ketones is 1. The number of aryl methyl sites for hydroxylation is 1. The van der Waals surface area contributed by atoms with E-state index in [-0.39, 0.29) is 24.5 Å². The van der Waals surface area contributed by atoms with Gasteiger partial charge in [-0.25, -0.2) is 0 Å². The highest BCUT2D eigenvalue weighted by Gasteiger charge is 2.09. The minimum atomic E-state index is -0.0867. The summed E-state index contributed by atoms with van der Waals surface area (Å²) in [6.45, 7) is 3.30. The minimum Gasteiger partial charge on any atom is -0.356 e. The fourth-order valence-electron chi connectivity index (χ4n) is 2.03. The zero-order chi connectivity index (χ0) is 15.5. The number of hydrogen-bond acceptors (Lipinski definition) is 3. The van der Waals surface area contributed by atoms with E-state index >= 15 is 0 Å². The summed E-state index contributed by atoms with van der Waals surface area (Å²) in [5.41, 5.74) is 7.29. The second-order valence-corrected chi connectivity index (χ2v) is 5.22. The van der Waals surface area contributed by atoms with Crippen molar-refractivity contribution in [1.82, 2.24) is 5.32 Å². The highest BCUT2D eigenvalue weighted by atomic mass is 16.2. The number of benzene rings is 1. The molecule has 0 aliphatic heterocycles. The predicted octanol–water partition coefficient (Wildman–Crippen LogP) is 2.46. The van der Waals surface area contributed by atoms with Crippen LogP contribution < -0.4 is 11.1 Å². The SMILES string of the molecule is CCCCc1ccc(C(=O)CCC(=O)NCCCN)cc1. The lowest BCUT2D eigenvalue weighted by atomic mass is 10.0. The van der Waals surface area contributed by atoms with Crippen molar-refractivity contribution < 1.29 is 9.59 Å². The molecule has 1 aromatic carbocycles. The number of hydrogen-bond donors (Lipinski definition) is 2. The molecule has 0 saturated carbocycles. The molecule has 1 aromatic rings. The molecule has 0 aliphatic rings. The van der Waals surface area contributed by atoms with Crippen LogP contribution in [0.2, 0.25) is 0 Å². The number of rotatable bonds is 10. The van der Waals surface area contributed by atoms with Gasteiger partial charge in [0.15, 0.2) is 5.78 Å². The quantitative estimate of drug-likeness (QED) is 0.513. The van der Waals surface area contributed by atoms with Gasteiger partial charge in [0, 0.05) is 24.9 Å². The van der Waals surface area contributed by atoms with Crippen LogP contribution in [0.1, 0.15) is 54.9 Å². The van der Waals surface area contributed by atoms with Gasteiger partial charge in [0.05, 0.1) is 0 Å². The minimum absolute atomic E-state index is 0.0195. The van der Waals surface area contributed by atoms with Gasteiger partial charge in [-0.15, -0.1) is 0 Å². The molecule has 116 valence electrons. The van der Waals surface area contributed by atoms with Crippen molar-refractivity contribution in [3.63, 3.8) is 0 Å². The zero-order valence-electron chi connectivity index (χ0n) is 12.9. The van der Waals surface area contributed by atoms with E-state index in [4.69, 9.17) is 5.73 Å². The third kappa shape index (κ3) is 7.04. The molecule has 0 aliphatic carbocycles. The molecule has 0 aromatic heterocycles. The Morgan fingerprint density at radius 1 is 1.10 bits per heavy atom. The van der Waals surface area contributed by atoms with Crippen LogP contribution in [0, 0.1) is 0 Å². The lowest BCUT2D eigenvalue weighted by Crippen LogP contribution is -2.26. The first kappa shape index (κ1) is 17.4. The third-order valence-corrected chi connectivity index (χ3v) is 3.38. The summed E-state index contributed by atoms with van der Waals surface area (Å²) in [6.07, 6.45) is 4.63. The van der Waals surface area contributed by atoms with Crippen LogP contribution in [0.4, 0.5) is 0 Å². The van der Waals surface area contributed by atoms with Crippen LogP contribution in [0.25, 0.3) is 0 Å². The topological polar surface area (TPSA) is 72.2 Å². The van der Waals surface area contributed by atoms with Crippen LogP contribution in [0.5, 0.6) is 0 Å². The average Bonchev–Trinajstić information content (AvgIpc) is 2.51. The van der Waals surface area contributed by atoms with E-state index in [0.29, 0.717) is 18.7 Å². The van der Waals surface area contributed by atoms with E-state index in [1.54, 1.807) is 0 Å². The number of unbranched alkanes of at least 4 members (excludes halogenated alkanes) is 1. The molecule has 0 fully saturated rings. The zero-order valence-corrected chi connectivity index (χ0v) is 12.9. The van der Waals surface area contributed by atoms with Crippen molar-refractivity contribution >= 4 is 11.7 Å². The summed E-state index contributed by atoms with van der Waals surface area (Å²) >= 11 is 0. The Balaban J connectivity index is 2.36. The highest BCUT2D eigenvalue weighted by molar-refractivity contribution is 5.97. The number of Topliss-reactive ketones (excluding diaryl/α,β-unsaturated/α-hetero) is 1. The standard InChI is InChI=1S/C17H26N2O2/c1-2-3-5-14-6-8-15(9-7-14)16(20)10-11-17(21)19-13-4-12-18/h6-9H,2-5,10-13,18H2,1H3,(H,19,21). The molecular formula is C17H26N2O2. The second kappa shape index (κ2) is 10.1. The van der Waals surface area contributed by atoms with Crippen molar-refractivity contribution in [2.75, 3.05) is 13.1 Å². The first-order valence-corrected chi connectivity index (χ1v) is 7.76.